The first-order valence-corrected chi connectivity index (χ1v) is 9.07. The van der Waals surface area contributed by atoms with Crippen LogP contribution in [0.1, 0.15) is 37.0 Å². The summed E-state index contributed by atoms with van der Waals surface area (Å²) in [5, 5.41) is 2.72. The van der Waals surface area contributed by atoms with Crippen molar-refractivity contribution in [3.8, 4) is 5.75 Å². The van der Waals surface area contributed by atoms with Gasteiger partial charge in [0.1, 0.15) is 12.4 Å². The number of nitrogens with zero attached hydrogens (tertiary/aromatic N) is 2. The largest absolute Gasteiger partial charge is 0.490 e. The van der Waals surface area contributed by atoms with Gasteiger partial charge in [-0.05, 0) is 51.2 Å². The molecule has 1 N–H and O–H groups in total. The summed E-state index contributed by atoms with van der Waals surface area (Å²) in [6, 6.07) is 5.13. The third-order valence-corrected chi connectivity index (χ3v) is 3.74. The Bertz CT molecular complexity index is 608. The molecule has 0 saturated carbocycles. The number of ether oxygens (including phenoxy) is 1. The SMILES string of the molecule is C=CC(=O)Nc1ccc(C(=O)N(CCC)CCC)cc1OCCN(C)C. The molecule has 0 atom stereocenters. The Morgan fingerprint density at radius 1 is 1.15 bits per heavy atom. The number of nitrogens with one attached hydrogen (secondary N) is 1. The zero-order chi connectivity index (χ0) is 19.5. The third-order valence-electron chi connectivity index (χ3n) is 3.74. The number of rotatable bonds is 11. The molecule has 1 aromatic carbocycles. The third kappa shape index (κ3) is 6.88. The van der Waals surface area contributed by atoms with Gasteiger partial charge in [0.15, 0.2) is 0 Å². The average Bonchev–Trinajstić information content (AvgIpc) is 2.61. The van der Waals surface area contributed by atoms with E-state index in [0.29, 0.717) is 23.6 Å². The van der Waals surface area contributed by atoms with Crippen molar-refractivity contribution in [2.75, 3.05) is 45.7 Å². The minimum atomic E-state index is -0.319. The summed E-state index contributed by atoms with van der Waals surface area (Å²) in [6.07, 6.45) is 3.02. The monoisotopic (exact) mass is 361 g/mol. The zero-order valence-electron chi connectivity index (χ0n) is 16.4. The van der Waals surface area contributed by atoms with E-state index in [1.165, 1.54) is 6.08 Å². The summed E-state index contributed by atoms with van der Waals surface area (Å²) in [5.41, 5.74) is 1.09. The van der Waals surface area contributed by atoms with E-state index < -0.39 is 0 Å². The summed E-state index contributed by atoms with van der Waals surface area (Å²) in [7, 11) is 3.91. The minimum Gasteiger partial charge on any atom is -0.490 e. The smallest absolute Gasteiger partial charge is 0.253 e. The lowest BCUT2D eigenvalue weighted by Crippen LogP contribution is -2.32. The summed E-state index contributed by atoms with van der Waals surface area (Å²) in [6.45, 7) is 10.2. The van der Waals surface area contributed by atoms with Crippen LogP contribution in [-0.4, -0.2) is 62.0 Å². The quantitative estimate of drug-likeness (QED) is 0.616. The Morgan fingerprint density at radius 3 is 2.35 bits per heavy atom. The van der Waals surface area contributed by atoms with E-state index in [9.17, 15) is 9.59 Å². The maximum atomic E-state index is 12.8. The van der Waals surface area contributed by atoms with Crippen molar-refractivity contribution in [1.29, 1.82) is 0 Å². The van der Waals surface area contributed by atoms with Crippen molar-refractivity contribution in [1.82, 2.24) is 9.80 Å². The minimum absolute atomic E-state index is 0.0206. The lowest BCUT2D eigenvalue weighted by molar-refractivity contribution is -0.111. The first kappa shape index (κ1) is 21.7. The average molecular weight is 361 g/mol. The van der Waals surface area contributed by atoms with Gasteiger partial charge in [-0.3, -0.25) is 9.59 Å². The molecule has 26 heavy (non-hydrogen) atoms. The van der Waals surface area contributed by atoms with Gasteiger partial charge in [-0.15, -0.1) is 0 Å². The van der Waals surface area contributed by atoms with Crippen LogP contribution >= 0.6 is 0 Å². The van der Waals surface area contributed by atoms with Gasteiger partial charge in [0.25, 0.3) is 5.91 Å². The van der Waals surface area contributed by atoms with E-state index in [2.05, 4.69) is 25.7 Å². The van der Waals surface area contributed by atoms with E-state index in [-0.39, 0.29) is 11.8 Å². The van der Waals surface area contributed by atoms with Gasteiger partial charge in [0, 0.05) is 25.2 Å². The van der Waals surface area contributed by atoms with Crippen LogP contribution in [0.25, 0.3) is 0 Å². The van der Waals surface area contributed by atoms with Crippen molar-refractivity contribution < 1.29 is 14.3 Å². The van der Waals surface area contributed by atoms with Crippen molar-refractivity contribution >= 4 is 17.5 Å². The molecular formula is C20H31N3O3. The van der Waals surface area contributed by atoms with Gasteiger partial charge in [0.05, 0.1) is 5.69 Å². The van der Waals surface area contributed by atoms with Crippen LogP contribution in [-0.2, 0) is 4.79 Å². The fourth-order valence-corrected chi connectivity index (χ4v) is 2.44. The second-order valence-corrected chi connectivity index (χ2v) is 6.35. The van der Waals surface area contributed by atoms with E-state index in [0.717, 1.165) is 32.5 Å². The van der Waals surface area contributed by atoms with Crippen LogP contribution in [0, 0.1) is 0 Å². The number of carbonyl (C=O) groups excluding carboxylic acids is 2. The number of likely N-dealkylation sites (N-methyl/N-ethyl adjacent to an activating group) is 1. The molecule has 0 aliphatic carbocycles. The normalized spacial score (nSPS) is 10.5. The molecule has 0 spiro atoms. The summed E-state index contributed by atoms with van der Waals surface area (Å²) >= 11 is 0. The van der Waals surface area contributed by atoms with Crippen LogP contribution in [0.2, 0.25) is 0 Å². The van der Waals surface area contributed by atoms with Gasteiger partial charge in [-0.2, -0.15) is 0 Å². The van der Waals surface area contributed by atoms with Crippen molar-refractivity contribution in [3.05, 3.63) is 36.4 Å². The maximum absolute atomic E-state index is 12.8. The number of amides is 2. The molecule has 0 fully saturated rings. The number of carbonyl (C=O) groups is 2. The second-order valence-electron chi connectivity index (χ2n) is 6.35. The van der Waals surface area contributed by atoms with Gasteiger partial charge >= 0.3 is 0 Å². The lowest BCUT2D eigenvalue weighted by Gasteiger charge is -2.22. The molecule has 0 aliphatic heterocycles. The highest BCUT2D eigenvalue weighted by molar-refractivity contribution is 6.01. The van der Waals surface area contributed by atoms with Crippen molar-refractivity contribution in [2.24, 2.45) is 0 Å². The molecule has 0 unspecified atom stereocenters. The Kier molecular flexibility index (Phi) is 9.44. The highest BCUT2D eigenvalue weighted by Gasteiger charge is 2.17. The zero-order valence-corrected chi connectivity index (χ0v) is 16.4. The standard InChI is InChI=1S/C20H31N3O3/c1-6-11-23(12-7-2)20(25)16-9-10-17(21-19(24)8-3)18(15-16)26-14-13-22(4)5/h8-10,15H,3,6-7,11-14H2,1-2,4-5H3,(H,21,24). The molecule has 0 aromatic heterocycles. The molecule has 0 heterocycles. The number of benzene rings is 1. The van der Waals surface area contributed by atoms with Gasteiger partial charge in [-0.1, -0.05) is 20.4 Å². The molecule has 144 valence electrons. The predicted molar refractivity (Wildman–Crippen MR) is 106 cm³/mol. The van der Waals surface area contributed by atoms with Crippen molar-refractivity contribution in [3.63, 3.8) is 0 Å². The highest BCUT2D eigenvalue weighted by Crippen LogP contribution is 2.27. The number of anilines is 1. The van der Waals surface area contributed by atoms with E-state index in [1.807, 2.05) is 23.9 Å². The highest BCUT2D eigenvalue weighted by atomic mass is 16.5. The molecule has 0 aliphatic rings. The topological polar surface area (TPSA) is 61.9 Å². The van der Waals surface area contributed by atoms with Crippen LogP contribution < -0.4 is 10.1 Å². The molecule has 6 nitrogen and oxygen atoms in total. The lowest BCUT2D eigenvalue weighted by atomic mass is 10.1. The molecule has 0 saturated heterocycles. The van der Waals surface area contributed by atoms with E-state index >= 15 is 0 Å². The van der Waals surface area contributed by atoms with E-state index in [4.69, 9.17) is 4.74 Å². The molecule has 1 aromatic rings. The molecule has 1 rings (SSSR count). The molecule has 0 bridgehead atoms. The van der Waals surface area contributed by atoms with Crippen LogP contribution in [0.5, 0.6) is 5.75 Å². The number of hydrogen-bond acceptors (Lipinski definition) is 4. The summed E-state index contributed by atoms with van der Waals surface area (Å²) < 4.78 is 5.82. The van der Waals surface area contributed by atoms with Gasteiger partial charge in [0.2, 0.25) is 5.91 Å². The van der Waals surface area contributed by atoms with E-state index in [1.54, 1.807) is 18.2 Å². The van der Waals surface area contributed by atoms with Crippen LogP contribution in [0.15, 0.2) is 30.9 Å². The summed E-state index contributed by atoms with van der Waals surface area (Å²) in [5.74, 6) is 0.147. The fraction of sp³-hybridized carbons (Fsp3) is 0.500. The van der Waals surface area contributed by atoms with Gasteiger partial charge < -0.3 is 19.9 Å². The Balaban J connectivity index is 3.07. The fourth-order valence-electron chi connectivity index (χ4n) is 2.44. The molecule has 2 amide bonds. The van der Waals surface area contributed by atoms with Gasteiger partial charge in [-0.25, -0.2) is 0 Å². The van der Waals surface area contributed by atoms with Crippen molar-refractivity contribution in [2.45, 2.75) is 26.7 Å². The summed E-state index contributed by atoms with van der Waals surface area (Å²) in [4.78, 5) is 28.3. The predicted octanol–water partition coefficient (Wildman–Crippen LogP) is 3.01. The Labute approximate surface area is 156 Å². The van der Waals surface area contributed by atoms with Crippen LogP contribution in [0.3, 0.4) is 0 Å². The Morgan fingerprint density at radius 2 is 1.81 bits per heavy atom. The van der Waals surface area contributed by atoms with Crippen LogP contribution in [0.4, 0.5) is 5.69 Å². The molecule has 6 heteroatoms. The molecule has 0 radical (unpaired) electrons. The number of hydrogen-bond donors (Lipinski definition) is 1. The Hall–Kier alpha value is -2.34. The first-order valence-electron chi connectivity index (χ1n) is 9.07. The maximum Gasteiger partial charge on any atom is 0.253 e. The second kappa shape index (κ2) is 11.3. The molecular weight excluding hydrogens is 330 g/mol. The first-order chi connectivity index (χ1) is 12.4.